The van der Waals surface area contributed by atoms with Gasteiger partial charge in [0.25, 0.3) is 11.4 Å². The first-order valence-electron chi connectivity index (χ1n) is 38.1. The Morgan fingerprint density at radius 3 is 1.21 bits per heavy atom. The highest BCUT2D eigenvalue weighted by molar-refractivity contribution is 9.10. The van der Waals surface area contributed by atoms with Crippen LogP contribution >= 0.6 is 62.3 Å². The molecule has 7 N–H and O–H groups in total. The minimum atomic E-state index is -1.06. The number of rotatable bonds is 11. The number of non-ortho nitro benzene ring substituents is 2. The lowest BCUT2D eigenvalue weighted by Crippen LogP contribution is -2.41. The second-order valence-electron chi connectivity index (χ2n) is 31.7. The molecule has 1 aliphatic rings. The van der Waals surface area contributed by atoms with Crippen LogP contribution in [0.15, 0.2) is 194 Å². The van der Waals surface area contributed by atoms with Crippen molar-refractivity contribution in [2.45, 2.75) is 144 Å². The van der Waals surface area contributed by atoms with E-state index in [0.717, 1.165) is 27.1 Å². The van der Waals surface area contributed by atoms with Crippen LogP contribution in [0.2, 0.25) is 21.0 Å². The third-order valence-corrected chi connectivity index (χ3v) is 17.6. The van der Waals surface area contributed by atoms with E-state index in [1.807, 2.05) is 48.5 Å². The zero-order valence-electron chi connectivity index (χ0n) is 72.2. The number of hydrogen-bond acceptors (Lipinski definition) is 29. The van der Waals surface area contributed by atoms with Crippen LogP contribution in [0.3, 0.4) is 0 Å². The molecular weight excluding hydrogens is 1860 g/mol. The lowest BCUT2D eigenvalue weighted by molar-refractivity contribution is -0.385. The van der Waals surface area contributed by atoms with Crippen molar-refractivity contribution >= 4 is 139 Å². The molecule has 0 amide bonds. The quantitative estimate of drug-likeness (QED) is 0.00669. The molecule has 13 aromatic rings. The van der Waals surface area contributed by atoms with Crippen LogP contribution in [0, 0.1) is 49.3 Å². The smallest absolute Gasteiger partial charge is 0.442 e. The minimum Gasteiger partial charge on any atom is -0.442 e. The van der Waals surface area contributed by atoms with Gasteiger partial charge >= 0.3 is 31.6 Å². The summed E-state index contributed by atoms with van der Waals surface area (Å²) in [6.07, 6.45) is 16.6. The van der Waals surface area contributed by atoms with Gasteiger partial charge in [0.15, 0.2) is 0 Å². The van der Waals surface area contributed by atoms with E-state index in [9.17, 15) is 61.4 Å². The molecular formula is C83H86BBrCl4F5N21O15. The Kier molecular flexibility index (Phi) is 36.7. The maximum absolute atomic E-state index is 14.5. The number of H-pyrrole nitrogens is 3. The number of nitrogens with one attached hydrogen (secondary N) is 5. The number of anilines is 5. The second-order valence-corrected chi connectivity index (χ2v) is 33.9. The SMILES string of the molecule is CC(C)(C)OC(=O)OC(=O)OC(C)(C)C.CC(C)(C)OC(=O)n1cc(-c2ccc(Nc3ccnc(Cl)n3)cc2F)cn1.CC(C)(C)OC(=O)n1cc(B2OC(C)(C)C(C)(C)O2)cn1.Clc1ccnc(Cl)n1.Fc1cc(Nc2ccnc(Cl)n2)ccc1-c1cn[nH]c1.Nc1ccc(-c2cn[nH]c2)c(F)c1.O=[N+]([O-])c1ccc(-c2cn[nH]c2)c(F)c1.O=[N+]([O-])c1ccc(Br)c(F)c1. The lowest BCUT2D eigenvalue weighted by atomic mass is 9.82. The monoisotopic (exact) mass is 1940 g/mol. The molecule has 9 heterocycles. The lowest BCUT2D eigenvalue weighted by Gasteiger charge is -2.32. The van der Waals surface area contributed by atoms with Crippen LogP contribution < -0.4 is 21.8 Å². The van der Waals surface area contributed by atoms with Crippen LogP contribution in [-0.2, 0) is 33.0 Å². The highest BCUT2D eigenvalue weighted by Crippen LogP contribution is 2.37. The molecule has 0 aliphatic carbocycles. The third-order valence-electron chi connectivity index (χ3n) is 16.2. The number of nitrogen functional groups attached to an aromatic ring is 1. The number of aromatic amines is 3. The Morgan fingerprint density at radius 2 is 0.846 bits per heavy atom. The van der Waals surface area contributed by atoms with Crippen molar-refractivity contribution in [1.29, 1.82) is 0 Å². The Morgan fingerprint density at radius 1 is 0.477 bits per heavy atom. The minimum absolute atomic E-state index is 0.0895. The number of carbonyl (C=O) groups excluding carboxylic acids is 4. The van der Waals surface area contributed by atoms with E-state index in [1.54, 1.807) is 154 Å². The number of carbonyl (C=O) groups is 4. The standard InChI is InChI=1S/C18H17ClFN5O2.C14H23BN2O4.C13H9ClFN5.C10H18O5.C9H6FN3O2.C9H8FN3.C6H3BrFNO2.C4H2Cl2N2/c1-18(2,3)27-17(26)25-10-11(9-22-25)13-5-4-12(8-14(13)20)23-15-6-7-21-16(19)24-15;1-12(2,3)19-11(18)17-9-10(8-16-17)15-20-13(4,5)14(6,7)21-15;14-13-16-4-3-12(20-13)19-9-1-2-10(11(15)5-9)8-6-17-18-7-8;1-9(2,3)14-7(11)13-8(12)15-10(4,5)6;10-9-3-7(13(14)15)1-2-8(9)6-4-11-12-5-6;10-9-3-7(11)1-2-8(9)6-4-12-13-5-6;7-5-2-1-4(9(10)11)3-6(5)8;5-3-1-2-7-4(6)8-3/h4-10H,1-3H3,(H,21,23,24);8-9H,1-7H3;1-7H,(H,17,18)(H,16,19,20);1-6H3;1-5H,(H,11,12);1-5H,11H2,(H,12,13);1-3H;1-2H. The van der Waals surface area contributed by atoms with Gasteiger partial charge in [-0.3, -0.25) is 35.5 Å². The van der Waals surface area contributed by atoms with Crippen molar-refractivity contribution in [3.8, 4) is 44.5 Å². The first-order chi connectivity index (χ1) is 60.7. The summed E-state index contributed by atoms with van der Waals surface area (Å²) in [5, 5.41) is 54.1. The summed E-state index contributed by atoms with van der Waals surface area (Å²) in [5.74, 6) is -1.48. The van der Waals surface area contributed by atoms with Gasteiger partial charge in [0.05, 0.1) is 62.4 Å². The number of hydrogen-bond donors (Lipinski definition) is 6. The number of benzene rings is 5. The predicted molar refractivity (Wildman–Crippen MR) is 479 cm³/mol. The van der Waals surface area contributed by atoms with E-state index in [2.05, 4.69) is 102 Å². The van der Waals surface area contributed by atoms with Gasteiger partial charge in [0.1, 0.15) is 68.3 Å². The van der Waals surface area contributed by atoms with E-state index < -0.39 is 92.5 Å². The number of nitrogens with zero attached hydrogens (tertiary/aromatic N) is 15. The first-order valence-corrected chi connectivity index (χ1v) is 40.4. The number of nitro groups is 2. The molecule has 0 saturated carbocycles. The average Bonchev–Trinajstić information content (AvgIpc) is 1.62. The fourth-order valence-corrected chi connectivity index (χ4v) is 10.7. The molecule has 0 radical (unpaired) electrons. The van der Waals surface area contributed by atoms with Crippen LogP contribution in [0.1, 0.15) is 111 Å². The summed E-state index contributed by atoms with van der Waals surface area (Å²) in [6.45, 7) is 28.6. The number of nitrogens with two attached hydrogens (primary N) is 1. The number of halogens is 10. The van der Waals surface area contributed by atoms with Gasteiger partial charge in [-0.25, -0.2) is 71.0 Å². The van der Waals surface area contributed by atoms with Crippen molar-refractivity contribution in [3.63, 3.8) is 0 Å². The maximum Gasteiger partial charge on any atom is 0.519 e. The number of aromatic nitrogens is 16. The zero-order chi connectivity index (χ0) is 96.4. The van der Waals surface area contributed by atoms with E-state index in [1.165, 1.54) is 85.8 Å². The number of nitro benzene ring substituents is 2. The van der Waals surface area contributed by atoms with Gasteiger partial charge in [-0.2, -0.15) is 34.9 Å². The zero-order valence-corrected chi connectivity index (χ0v) is 76.8. The molecule has 0 spiro atoms. The van der Waals surface area contributed by atoms with Gasteiger partial charge < -0.3 is 49.4 Å². The fourth-order valence-electron chi connectivity index (χ4n) is 9.81. The molecule has 686 valence electrons. The molecule has 1 aliphatic heterocycles. The summed E-state index contributed by atoms with van der Waals surface area (Å²) in [4.78, 5) is 87.9. The first kappa shape index (κ1) is 104. The summed E-state index contributed by atoms with van der Waals surface area (Å²) >= 11 is 25.0. The van der Waals surface area contributed by atoms with Gasteiger partial charge in [-0.15, -0.1) is 0 Å². The highest BCUT2D eigenvalue weighted by atomic mass is 79.9. The van der Waals surface area contributed by atoms with Crippen LogP contribution in [0.5, 0.6) is 0 Å². The molecule has 1 saturated heterocycles. The molecule has 14 rings (SSSR count). The Balaban J connectivity index is 0.000000208. The van der Waals surface area contributed by atoms with Crippen molar-refractivity contribution < 1.29 is 84.0 Å². The maximum atomic E-state index is 14.5. The van der Waals surface area contributed by atoms with E-state index in [-0.39, 0.29) is 48.9 Å². The van der Waals surface area contributed by atoms with Gasteiger partial charge in [-0.1, -0.05) is 11.6 Å². The van der Waals surface area contributed by atoms with Crippen LogP contribution in [0.4, 0.5) is 81.2 Å². The summed E-state index contributed by atoms with van der Waals surface area (Å²) < 4.78 is 106. The fraction of sp³-hybridized carbons (Fsp3) is 0.265. The molecule has 5 aromatic carbocycles. The summed E-state index contributed by atoms with van der Waals surface area (Å²) in [6, 6.07) is 25.7. The summed E-state index contributed by atoms with van der Waals surface area (Å²) in [7, 11) is -0.536. The Labute approximate surface area is 768 Å². The van der Waals surface area contributed by atoms with Crippen molar-refractivity contribution in [1.82, 2.24) is 80.1 Å². The molecule has 130 heavy (non-hydrogen) atoms. The van der Waals surface area contributed by atoms with Crippen molar-refractivity contribution in [2.75, 3.05) is 16.4 Å². The van der Waals surface area contributed by atoms with E-state index in [4.69, 9.17) is 80.4 Å². The molecule has 1 fully saturated rings. The topological polar surface area (TPSA) is 468 Å². The molecule has 36 nitrogen and oxygen atoms in total. The third kappa shape index (κ3) is 34.3. The van der Waals surface area contributed by atoms with Gasteiger partial charge in [0.2, 0.25) is 15.9 Å². The molecule has 8 aromatic heterocycles. The molecule has 0 unspecified atom stereocenters. The van der Waals surface area contributed by atoms with Gasteiger partial charge in [0, 0.05) is 135 Å². The van der Waals surface area contributed by atoms with E-state index >= 15 is 0 Å². The largest absolute Gasteiger partial charge is 0.519 e. The predicted octanol–water partition coefficient (Wildman–Crippen LogP) is 21.1. The van der Waals surface area contributed by atoms with Crippen LogP contribution in [0.25, 0.3) is 44.5 Å². The normalized spacial score (nSPS) is 12.2. The van der Waals surface area contributed by atoms with Crippen molar-refractivity contribution in [2.24, 2.45) is 0 Å². The highest BCUT2D eigenvalue weighted by Gasteiger charge is 2.52. The summed E-state index contributed by atoms with van der Waals surface area (Å²) in [5.41, 5.74) is 7.63. The Bertz CT molecular complexity index is 5950. The Hall–Kier alpha value is -13.5. The van der Waals surface area contributed by atoms with Crippen LogP contribution in [-0.4, -0.2) is 155 Å². The van der Waals surface area contributed by atoms with Crippen molar-refractivity contribution in [3.05, 3.63) is 265 Å². The average molecular weight is 1950 g/mol. The van der Waals surface area contributed by atoms with E-state index in [0.29, 0.717) is 72.7 Å². The number of ether oxygens (including phenoxy) is 5. The van der Waals surface area contributed by atoms with Gasteiger partial charge in [-0.05, 0) is 246 Å². The molecule has 47 heteroatoms. The molecule has 0 atom stereocenters. The second kappa shape index (κ2) is 46.0. The molecule has 0 bridgehead atoms.